The third-order valence-electron chi connectivity index (χ3n) is 2.97. The number of nitrogens with one attached hydrogen (secondary N) is 1. The van der Waals surface area contributed by atoms with Crippen molar-refractivity contribution in [3.8, 4) is 0 Å². The Morgan fingerprint density at radius 2 is 2.40 bits per heavy atom. The van der Waals surface area contributed by atoms with Crippen LogP contribution in [0.1, 0.15) is 19.3 Å². The maximum absolute atomic E-state index is 9.64. The van der Waals surface area contributed by atoms with Crippen LogP contribution in [0.2, 0.25) is 0 Å². The number of aliphatic hydroxyl groups is 1. The van der Waals surface area contributed by atoms with Crippen molar-refractivity contribution in [2.75, 3.05) is 17.6 Å². The first-order chi connectivity index (χ1) is 7.25. The number of aliphatic hydroxyl groups excluding tert-OH is 1. The van der Waals surface area contributed by atoms with E-state index in [-0.39, 0.29) is 6.10 Å². The number of hydrogen-bond acceptors (Lipinski definition) is 4. The van der Waals surface area contributed by atoms with Crippen LogP contribution in [0.5, 0.6) is 0 Å². The first-order valence-corrected chi connectivity index (χ1v) is 5.39. The predicted octanol–water partition coefficient (Wildman–Crippen LogP) is 1.24. The second-order valence-corrected chi connectivity index (χ2v) is 4.11. The SMILES string of the molecule is Nc1cc(NCC2CCCC2O)ccn1. The predicted molar refractivity (Wildman–Crippen MR) is 60.5 cm³/mol. The number of aromatic nitrogens is 1. The molecule has 0 aliphatic heterocycles. The largest absolute Gasteiger partial charge is 0.393 e. The van der Waals surface area contributed by atoms with Crippen molar-refractivity contribution >= 4 is 11.5 Å². The van der Waals surface area contributed by atoms with Gasteiger partial charge in [-0.1, -0.05) is 6.42 Å². The fourth-order valence-electron chi connectivity index (χ4n) is 2.06. The molecule has 0 spiro atoms. The maximum atomic E-state index is 9.64. The summed E-state index contributed by atoms with van der Waals surface area (Å²) in [5, 5.41) is 12.9. The minimum Gasteiger partial charge on any atom is -0.393 e. The van der Waals surface area contributed by atoms with Gasteiger partial charge in [0, 0.05) is 30.4 Å². The Labute approximate surface area is 89.5 Å². The summed E-state index contributed by atoms with van der Waals surface area (Å²) in [6, 6.07) is 3.69. The minimum atomic E-state index is -0.142. The number of nitrogen functional groups attached to an aromatic ring is 1. The van der Waals surface area contributed by atoms with Gasteiger partial charge in [-0.3, -0.25) is 0 Å². The lowest BCUT2D eigenvalue weighted by molar-refractivity contribution is 0.138. The molecule has 4 nitrogen and oxygen atoms in total. The molecule has 1 heterocycles. The fraction of sp³-hybridized carbons (Fsp3) is 0.545. The fourth-order valence-corrected chi connectivity index (χ4v) is 2.06. The van der Waals surface area contributed by atoms with Crippen molar-refractivity contribution in [3.63, 3.8) is 0 Å². The van der Waals surface area contributed by atoms with Gasteiger partial charge in [0.2, 0.25) is 0 Å². The summed E-state index contributed by atoms with van der Waals surface area (Å²) < 4.78 is 0. The van der Waals surface area contributed by atoms with Crippen molar-refractivity contribution < 1.29 is 5.11 Å². The first-order valence-electron chi connectivity index (χ1n) is 5.39. The lowest BCUT2D eigenvalue weighted by Crippen LogP contribution is -2.21. The summed E-state index contributed by atoms with van der Waals surface area (Å²) in [6.45, 7) is 0.810. The average Bonchev–Trinajstić information content (AvgIpc) is 2.61. The van der Waals surface area contributed by atoms with E-state index in [4.69, 9.17) is 5.73 Å². The number of pyridine rings is 1. The van der Waals surface area contributed by atoms with Crippen LogP contribution >= 0.6 is 0 Å². The van der Waals surface area contributed by atoms with E-state index < -0.39 is 0 Å². The number of rotatable bonds is 3. The number of anilines is 2. The summed E-state index contributed by atoms with van der Waals surface area (Å²) in [4.78, 5) is 3.92. The Morgan fingerprint density at radius 3 is 3.07 bits per heavy atom. The molecule has 0 amide bonds. The van der Waals surface area contributed by atoms with Crippen molar-refractivity contribution in [1.29, 1.82) is 0 Å². The van der Waals surface area contributed by atoms with E-state index in [1.54, 1.807) is 12.3 Å². The van der Waals surface area contributed by atoms with E-state index >= 15 is 0 Å². The van der Waals surface area contributed by atoms with Crippen molar-refractivity contribution in [2.24, 2.45) is 5.92 Å². The average molecular weight is 207 g/mol. The van der Waals surface area contributed by atoms with Crippen LogP contribution in [-0.2, 0) is 0 Å². The van der Waals surface area contributed by atoms with E-state index in [1.807, 2.05) is 6.07 Å². The molecule has 2 rings (SSSR count). The van der Waals surface area contributed by atoms with Gasteiger partial charge in [-0.05, 0) is 18.9 Å². The van der Waals surface area contributed by atoms with Gasteiger partial charge in [0.1, 0.15) is 5.82 Å². The van der Waals surface area contributed by atoms with Crippen LogP contribution in [0.25, 0.3) is 0 Å². The summed E-state index contributed by atoms with van der Waals surface area (Å²) in [5.74, 6) is 0.895. The molecule has 0 aromatic carbocycles. The van der Waals surface area contributed by atoms with Gasteiger partial charge in [-0.2, -0.15) is 0 Å². The molecule has 2 atom stereocenters. The van der Waals surface area contributed by atoms with Gasteiger partial charge in [0.25, 0.3) is 0 Å². The molecule has 1 saturated carbocycles. The number of nitrogens with zero attached hydrogens (tertiary/aromatic N) is 1. The zero-order valence-corrected chi connectivity index (χ0v) is 8.69. The Bertz CT molecular complexity index is 329. The third kappa shape index (κ3) is 2.59. The van der Waals surface area contributed by atoms with Crippen molar-refractivity contribution in [1.82, 2.24) is 4.98 Å². The molecule has 1 fully saturated rings. The van der Waals surface area contributed by atoms with Crippen LogP contribution in [0.4, 0.5) is 11.5 Å². The summed E-state index contributed by atoms with van der Waals surface area (Å²) in [7, 11) is 0. The monoisotopic (exact) mass is 207 g/mol. The third-order valence-corrected chi connectivity index (χ3v) is 2.97. The second kappa shape index (κ2) is 4.49. The molecule has 15 heavy (non-hydrogen) atoms. The van der Waals surface area contributed by atoms with Crippen LogP contribution in [-0.4, -0.2) is 22.7 Å². The Hall–Kier alpha value is -1.29. The van der Waals surface area contributed by atoms with E-state index in [0.29, 0.717) is 11.7 Å². The summed E-state index contributed by atoms with van der Waals surface area (Å²) in [6.07, 6.45) is 4.71. The van der Waals surface area contributed by atoms with Gasteiger partial charge < -0.3 is 16.2 Å². The number of nitrogens with two attached hydrogens (primary N) is 1. The molecule has 0 bridgehead atoms. The van der Waals surface area contributed by atoms with Crippen molar-refractivity contribution in [3.05, 3.63) is 18.3 Å². The molecule has 0 saturated heterocycles. The summed E-state index contributed by atoms with van der Waals surface area (Å²) in [5.41, 5.74) is 6.54. The second-order valence-electron chi connectivity index (χ2n) is 4.11. The molecular weight excluding hydrogens is 190 g/mol. The normalized spacial score (nSPS) is 25.4. The Balaban J connectivity index is 1.87. The van der Waals surface area contributed by atoms with E-state index in [0.717, 1.165) is 31.5 Å². The smallest absolute Gasteiger partial charge is 0.125 e. The van der Waals surface area contributed by atoms with Crippen LogP contribution < -0.4 is 11.1 Å². The molecule has 1 aliphatic rings. The van der Waals surface area contributed by atoms with Crippen molar-refractivity contribution in [2.45, 2.75) is 25.4 Å². The van der Waals surface area contributed by atoms with Crippen LogP contribution in [0, 0.1) is 5.92 Å². The van der Waals surface area contributed by atoms with Gasteiger partial charge in [0.05, 0.1) is 6.10 Å². The van der Waals surface area contributed by atoms with Gasteiger partial charge in [0.15, 0.2) is 0 Å². The topological polar surface area (TPSA) is 71.2 Å². The maximum Gasteiger partial charge on any atom is 0.125 e. The molecule has 1 aliphatic carbocycles. The highest BCUT2D eigenvalue weighted by atomic mass is 16.3. The van der Waals surface area contributed by atoms with E-state index in [1.165, 1.54) is 0 Å². The molecular formula is C11H17N3O. The quantitative estimate of drug-likeness (QED) is 0.697. The lowest BCUT2D eigenvalue weighted by atomic mass is 10.1. The lowest BCUT2D eigenvalue weighted by Gasteiger charge is -2.15. The molecule has 2 unspecified atom stereocenters. The zero-order valence-electron chi connectivity index (χ0n) is 8.69. The highest BCUT2D eigenvalue weighted by Gasteiger charge is 2.24. The highest BCUT2D eigenvalue weighted by Crippen LogP contribution is 2.25. The van der Waals surface area contributed by atoms with Gasteiger partial charge >= 0.3 is 0 Å². The Morgan fingerprint density at radius 1 is 1.53 bits per heavy atom. The minimum absolute atomic E-state index is 0.142. The van der Waals surface area contributed by atoms with E-state index in [2.05, 4.69) is 10.3 Å². The van der Waals surface area contributed by atoms with Crippen LogP contribution in [0.15, 0.2) is 18.3 Å². The standard InChI is InChI=1S/C11H17N3O/c12-11-6-9(4-5-13-11)14-7-8-2-1-3-10(8)15/h4-6,8,10,15H,1-3,7H2,(H3,12,13,14). The molecule has 4 N–H and O–H groups in total. The molecule has 82 valence electrons. The molecule has 1 aromatic heterocycles. The van der Waals surface area contributed by atoms with E-state index in [9.17, 15) is 5.11 Å². The molecule has 0 radical (unpaired) electrons. The molecule has 1 aromatic rings. The summed E-state index contributed by atoms with van der Waals surface area (Å²) >= 11 is 0. The first kappa shape index (κ1) is 10.2. The van der Waals surface area contributed by atoms with Crippen LogP contribution in [0.3, 0.4) is 0 Å². The number of hydrogen-bond donors (Lipinski definition) is 3. The van der Waals surface area contributed by atoms with Gasteiger partial charge in [-0.25, -0.2) is 4.98 Å². The highest BCUT2D eigenvalue weighted by molar-refractivity contribution is 5.49. The Kier molecular flexibility index (Phi) is 3.06. The van der Waals surface area contributed by atoms with Gasteiger partial charge in [-0.15, -0.1) is 0 Å². The zero-order chi connectivity index (χ0) is 10.7. The molecule has 4 heteroatoms.